The van der Waals surface area contributed by atoms with Crippen LogP contribution < -0.4 is 10.1 Å². The Morgan fingerprint density at radius 3 is 2.78 bits per heavy atom. The molecular weight excluding hydrogens is 286 g/mol. The third-order valence-corrected chi connectivity index (χ3v) is 5.16. The average molecular weight is 311 g/mol. The van der Waals surface area contributed by atoms with Crippen molar-refractivity contribution >= 4 is 16.7 Å². The highest BCUT2D eigenvalue weighted by molar-refractivity contribution is 5.88. The number of carbonyl (C=O) groups is 1. The molecule has 3 atom stereocenters. The monoisotopic (exact) mass is 311 g/mol. The Bertz CT molecular complexity index is 677. The van der Waals surface area contributed by atoms with Crippen molar-refractivity contribution in [3.8, 4) is 5.75 Å². The molecular formula is C20H25NO2. The fourth-order valence-electron chi connectivity index (χ4n) is 3.50. The Morgan fingerprint density at radius 2 is 1.91 bits per heavy atom. The summed E-state index contributed by atoms with van der Waals surface area (Å²) in [5, 5.41) is 5.32. The number of hydrogen-bond donors (Lipinski definition) is 1. The van der Waals surface area contributed by atoms with Gasteiger partial charge in [0.25, 0.3) is 5.91 Å². The fraction of sp³-hybridized carbons (Fsp3) is 0.450. The van der Waals surface area contributed by atoms with Crippen LogP contribution in [0.15, 0.2) is 42.5 Å². The van der Waals surface area contributed by atoms with E-state index < -0.39 is 0 Å². The molecule has 1 aliphatic rings. The number of hydrogen-bond acceptors (Lipinski definition) is 2. The lowest BCUT2D eigenvalue weighted by Gasteiger charge is -2.34. The molecule has 0 saturated heterocycles. The highest BCUT2D eigenvalue weighted by Crippen LogP contribution is 2.29. The summed E-state index contributed by atoms with van der Waals surface area (Å²) in [7, 11) is 0. The van der Waals surface area contributed by atoms with E-state index in [1.807, 2.05) is 42.5 Å². The first-order chi connectivity index (χ1) is 11.1. The van der Waals surface area contributed by atoms with Gasteiger partial charge in [0.1, 0.15) is 5.75 Å². The van der Waals surface area contributed by atoms with Crippen LogP contribution in [0.5, 0.6) is 5.75 Å². The number of fused-ring (bicyclic) bond motifs is 1. The minimum absolute atomic E-state index is 0.0242. The Hall–Kier alpha value is -2.03. The summed E-state index contributed by atoms with van der Waals surface area (Å²) in [6.07, 6.45) is 3.53. The Labute approximate surface area is 138 Å². The van der Waals surface area contributed by atoms with E-state index >= 15 is 0 Å². The van der Waals surface area contributed by atoms with Crippen molar-refractivity contribution in [2.45, 2.75) is 39.2 Å². The fourth-order valence-corrected chi connectivity index (χ4v) is 3.50. The predicted octanol–water partition coefficient (Wildman–Crippen LogP) is 4.16. The van der Waals surface area contributed by atoms with Gasteiger partial charge in [-0.25, -0.2) is 0 Å². The maximum Gasteiger partial charge on any atom is 0.258 e. The van der Waals surface area contributed by atoms with Crippen LogP contribution in [-0.4, -0.2) is 18.6 Å². The summed E-state index contributed by atoms with van der Waals surface area (Å²) in [5.41, 5.74) is 0. The van der Waals surface area contributed by atoms with Crippen LogP contribution >= 0.6 is 0 Å². The van der Waals surface area contributed by atoms with Gasteiger partial charge < -0.3 is 10.1 Å². The largest absolute Gasteiger partial charge is 0.483 e. The number of benzene rings is 2. The average Bonchev–Trinajstić information content (AvgIpc) is 2.57. The first-order valence-corrected chi connectivity index (χ1v) is 8.55. The van der Waals surface area contributed by atoms with Crippen molar-refractivity contribution in [2.75, 3.05) is 6.61 Å². The van der Waals surface area contributed by atoms with Gasteiger partial charge in [0.05, 0.1) is 0 Å². The Kier molecular flexibility index (Phi) is 4.85. The zero-order valence-electron chi connectivity index (χ0n) is 13.9. The van der Waals surface area contributed by atoms with Crippen molar-refractivity contribution in [1.82, 2.24) is 5.32 Å². The van der Waals surface area contributed by atoms with Crippen LogP contribution in [-0.2, 0) is 4.79 Å². The molecule has 1 N–H and O–H groups in total. The first kappa shape index (κ1) is 15.9. The molecule has 1 aliphatic carbocycles. The van der Waals surface area contributed by atoms with E-state index in [1.54, 1.807) is 0 Å². The van der Waals surface area contributed by atoms with Gasteiger partial charge in [-0.1, -0.05) is 63.1 Å². The van der Waals surface area contributed by atoms with Gasteiger partial charge in [0.2, 0.25) is 0 Å². The van der Waals surface area contributed by atoms with E-state index in [0.717, 1.165) is 22.9 Å². The highest BCUT2D eigenvalue weighted by Gasteiger charge is 2.28. The number of carbonyl (C=O) groups excluding carboxylic acids is 1. The Balaban J connectivity index is 1.60. The van der Waals surface area contributed by atoms with E-state index in [1.165, 1.54) is 12.8 Å². The molecule has 1 fully saturated rings. The second-order valence-electron chi connectivity index (χ2n) is 6.71. The maximum atomic E-state index is 12.2. The predicted molar refractivity (Wildman–Crippen MR) is 93.6 cm³/mol. The van der Waals surface area contributed by atoms with Crippen molar-refractivity contribution in [2.24, 2.45) is 11.8 Å². The molecule has 2 aromatic rings. The standard InChI is InChI=1S/C20H25NO2/c1-14-7-5-11-18(15(14)2)21-20(22)13-23-19-12-6-9-16-8-3-4-10-17(16)19/h3-4,6,8-10,12,14-15,18H,5,7,11,13H2,1-2H3,(H,21,22)/t14-,15-,18-/m1/s1. The zero-order valence-corrected chi connectivity index (χ0v) is 13.9. The van der Waals surface area contributed by atoms with Crippen LogP contribution in [0.2, 0.25) is 0 Å². The molecule has 0 aromatic heterocycles. The number of rotatable bonds is 4. The van der Waals surface area contributed by atoms with E-state index in [-0.39, 0.29) is 18.6 Å². The number of nitrogens with one attached hydrogen (secondary N) is 1. The first-order valence-electron chi connectivity index (χ1n) is 8.55. The van der Waals surface area contributed by atoms with Crippen LogP contribution in [0.4, 0.5) is 0 Å². The molecule has 0 heterocycles. The van der Waals surface area contributed by atoms with Crippen molar-refractivity contribution in [1.29, 1.82) is 0 Å². The smallest absolute Gasteiger partial charge is 0.258 e. The lowest BCUT2D eigenvalue weighted by molar-refractivity contribution is -0.124. The maximum absolute atomic E-state index is 12.2. The SMILES string of the molecule is C[C@@H]1[C@H](C)CCC[C@H]1NC(=O)COc1cccc2ccccc12. The molecule has 1 saturated carbocycles. The topological polar surface area (TPSA) is 38.3 Å². The minimum atomic E-state index is -0.0242. The molecule has 0 spiro atoms. The molecule has 23 heavy (non-hydrogen) atoms. The summed E-state index contributed by atoms with van der Waals surface area (Å²) < 4.78 is 5.77. The highest BCUT2D eigenvalue weighted by atomic mass is 16.5. The van der Waals surface area contributed by atoms with E-state index in [0.29, 0.717) is 11.8 Å². The van der Waals surface area contributed by atoms with Gasteiger partial charge in [-0.15, -0.1) is 0 Å². The molecule has 0 unspecified atom stereocenters. The molecule has 0 radical (unpaired) electrons. The summed E-state index contributed by atoms with van der Waals surface area (Å²) in [4.78, 5) is 12.2. The summed E-state index contributed by atoms with van der Waals surface area (Å²) in [5.74, 6) is 1.95. The molecule has 1 amide bonds. The van der Waals surface area contributed by atoms with Crippen LogP contribution in [0.25, 0.3) is 10.8 Å². The molecule has 3 nitrogen and oxygen atoms in total. The lowest BCUT2D eigenvalue weighted by Crippen LogP contribution is -2.45. The van der Waals surface area contributed by atoms with Gasteiger partial charge in [-0.2, -0.15) is 0 Å². The van der Waals surface area contributed by atoms with Crippen LogP contribution in [0.3, 0.4) is 0 Å². The molecule has 0 bridgehead atoms. The summed E-state index contributed by atoms with van der Waals surface area (Å²) in [6.45, 7) is 4.58. The van der Waals surface area contributed by atoms with Gasteiger partial charge in [-0.05, 0) is 29.7 Å². The second-order valence-corrected chi connectivity index (χ2v) is 6.71. The zero-order chi connectivity index (χ0) is 16.2. The van der Waals surface area contributed by atoms with Crippen molar-refractivity contribution in [3.63, 3.8) is 0 Å². The van der Waals surface area contributed by atoms with Crippen LogP contribution in [0.1, 0.15) is 33.1 Å². The molecule has 3 rings (SSSR count). The third-order valence-electron chi connectivity index (χ3n) is 5.16. The van der Waals surface area contributed by atoms with Gasteiger partial charge >= 0.3 is 0 Å². The van der Waals surface area contributed by atoms with E-state index in [9.17, 15) is 4.79 Å². The van der Waals surface area contributed by atoms with Gasteiger partial charge in [0, 0.05) is 11.4 Å². The van der Waals surface area contributed by atoms with Crippen molar-refractivity contribution < 1.29 is 9.53 Å². The van der Waals surface area contributed by atoms with E-state index in [2.05, 4.69) is 19.2 Å². The molecule has 0 aliphatic heterocycles. The molecule has 3 heteroatoms. The normalized spacial score (nSPS) is 24.3. The molecule has 122 valence electrons. The second kappa shape index (κ2) is 7.03. The quantitative estimate of drug-likeness (QED) is 0.920. The van der Waals surface area contributed by atoms with Crippen molar-refractivity contribution in [3.05, 3.63) is 42.5 Å². The molecule has 2 aromatic carbocycles. The summed E-state index contributed by atoms with van der Waals surface area (Å²) in [6, 6.07) is 14.3. The number of ether oxygens (including phenoxy) is 1. The summed E-state index contributed by atoms with van der Waals surface area (Å²) >= 11 is 0. The van der Waals surface area contributed by atoms with Gasteiger partial charge in [0.15, 0.2) is 6.61 Å². The Morgan fingerprint density at radius 1 is 1.13 bits per heavy atom. The minimum Gasteiger partial charge on any atom is -0.483 e. The number of amides is 1. The van der Waals surface area contributed by atoms with Crippen LogP contribution in [0, 0.1) is 11.8 Å². The van der Waals surface area contributed by atoms with Gasteiger partial charge in [-0.3, -0.25) is 4.79 Å². The lowest BCUT2D eigenvalue weighted by atomic mass is 9.78. The third kappa shape index (κ3) is 3.66. The van der Waals surface area contributed by atoms with E-state index in [4.69, 9.17) is 4.74 Å².